The molecule has 0 radical (unpaired) electrons. The average Bonchev–Trinajstić information content (AvgIpc) is 3.16. The molecule has 0 aliphatic heterocycles. The summed E-state index contributed by atoms with van der Waals surface area (Å²) < 4.78 is 0. The van der Waals surface area contributed by atoms with Gasteiger partial charge in [0.15, 0.2) is 0 Å². The molecule has 0 aromatic heterocycles. The van der Waals surface area contributed by atoms with Gasteiger partial charge in [-0.25, -0.2) is 0 Å². The summed E-state index contributed by atoms with van der Waals surface area (Å²) in [6, 6.07) is 4.44. The van der Waals surface area contributed by atoms with Crippen LogP contribution in [0.2, 0.25) is 0 Å². The number of nitro groups is 1. The zero-order valence-corrected chi connectivity index (χ0v) is 10.7. The molecule has 0 bridgehead atoms. The van der Waals surface area contributed by atoms with E-state index in [4.69, 9.17) is 5.11 Å². The number of amides is 1. The van der Waals surface area contributed by atoms with Crippen LogP contribution in [-0.4, -0.2) is 29.1 Å². The van der Waals surface area contributed by atoms with Crippen molar-refractivity contribution in [2.45, 2.75) is 19.8 Å². The Labute approximate surface area is 110 Å². The molecule has 102 valence electrons. The summed E-state index contributed by atoms with van der Waals surface area (Å²) in [7, 11) is 0. The van der Waals surface area contributed by atoms with Gasteiger partial charge in [-0.2, -0.15) is 0 Å². The van der Waals surface area contributed by atoms with Gasteiger partial charge in [0, 0.05) is 18.0 Å². The number of aliphatic hydroxyl groups is 1. The van der Waals surface area contributed by atoms with Crippen molar-refractivity contribution in [1.29, 1.82) is 0 Å². The summed E-state index contributed by atoms with van der Waals surface area (Å²) in [6.07, 6.45) is 1.75. The fraction of sp³-hybridized carbons (Fsp3) is 0.462. The van der Waals surface area contributed by atoms with E-state index < -0.39 is 10.8 Å². The largest absolute Gasteiger partial charge is 0.396 e. The maximum atomic E-state index is 12.0. The first-order chi connectivity index (χ1) is 8.97. The molecule has 0 spiro atoms. The van der Waals surface area contributed by atoms with Crippen LogP contribution in [0.15, 0.2) is 18.2 Å². The van der Waals surface area contributed by atoms with Gasteiger partial charge in [-0.1, -0.05) is 6.07 Å². The Kier molecular flexibility index (Phi) is 3.53. The summed E-state index contributed by atoms with van der Waals surface area (Å²) >= 11 is 0. The monoisotopic (exact) mass is 264 g/mol. The first kappa shape index (κ1) is 13.5. The van der Waals surface area contributed by atoms with Gasteiger partial charge in [-0.05, 0) is 31.4 Å². The van der Waals surface area contributed by atoms with Crippen LogP contribution in [0.25, 0.3) is 0 Å². The maximum absolute atomic E-state index is 12.0. The maximum Gasteiger partial charge on any atom is 0.282 e. The van der Waals surface area contributed by atoms with Crippen molar-refractivity contribution in [3.8, 4) is 0 Å². The van der Waals surface area contributed by atoms with Crippen molar-refractivity contribution < 1.29 is 14.8 Å². The van der Waals surface area contributed by atoms with Crippen molar-refractivity contribution in [1.82, 2.24) is 5.32 Å². The van der Waals surface area contributed by atoms with Crippen molar-refractivity contribution in [3.05, 3.63) is 39.4 Å². The van der Waals surface area contributed by atoms with Gasteiger partial charge < -0.3 is 10.4 Å². The van der Waals surface area contributed by atoms with E-state index in [2.05, 4.69) is 5.32 Å². The summed E-state index contributed by atoms with van der Waals surface area (Å²) in [6.45, 7) is 2.16. The van der Waals surface area contributed by atoms with Gasteiger partial charge in [0.25, 0.3) is 11.6 Å². The topological polar surface area (TPSA) is 92.5 Å². The number of nitro benzene ring substituents is 1. The van der Waals surface area contributed by atoms with Crippen LogP contribution in [0.1, 0.15) is 28.8 Å². The number of aliphatic hydroxyl groups excluding tert-OH is 1. The minimum absolute atomic E-state index is 0.0309. The van der Waals surface area contributed by atoms with Crippen molar-refractivity contribution in [2.75, 3.05) is 13.2 Å². The molecule has 0 heterocycles. The van der Waals surface area contributed by atoms with E-state index in [1.54, 1.807) is 13.0 Å². The lowest BCUT2D eigenvalue weighted by molar-refractivity contribution is -0.385. The molecule has 2 N–H and O–H groups in total. The second-order valence-electron chi connectivity index (χ2n) is 5.12. The highest BCUT2D eigenvalue weighted by atomic mass is 16.6. The summed E-state index contributed by atoms with van der Waals surface area (Å²) in [4.78, 5) is 22.3. The second-order valence-corrected chi connectivity index (χ2v) is 5.12. The Morgan fingerprint density at radius 2 is 2.21 bits per heavy atom. The minimum atomic E-state index is -0.562. The van der Waals surface area contributed by atoms with Crippen LogP contribution < -0.4 is 5.32 Å². The third kappa shape index (κ3) is 2.90. The van der Waals surface area contributed by atoms with E-state index >= 15 is 0 Å². The number of aryl methyl sites for hydroxylation is 1. The molecule has 0 unspecified atom stereocenters. The first-order valence-corrected chi connectivity index (χ1v) is 6.11. The Bertz CT molecular complexity index is 523. The molecule has 1 aromatic rings. The van der Waals surface area contributed by atoms with Crippen LogP contribution in [0.5, 0.6) is 0 Å². The number of benzene rings is 1. The van der Waals surface area contributed by atoms with E-state index in [1.807, 2.05) is 0 Å². The van der Waals surface area contributed by atoms with Crippen molar-refractivity contribution >= 4 is 11.6 Å². The Morgan fingerprint density at radius 3 is 2.74 bits per heavy atom. The lowest BCUT2D eigenvalue weighted by atomic mass is 10.1. The molecule has 1 amide bonds. The lowest BCUT2D eigenvalue weighted by Gasteiger charge is -2.13. The van der Waals surface area contributed by atoms with Gasteiger partial charge in [0.2, 0.25) is 0 Å². The van der Waals surface area contributed by atoms with Crippen LogP contribution in [0.3, 0.4) is 0 Å². The van der Waals surface area contributed by atoms with E-state index in [0.717, 1.165) is 18.4 Å². The molecule has 1 aromatic carbocycles. The molecule has 1 saturated carbocycles. The quantitative estimate of drug-likeness (QED) is 0.621. The lowest BCUT2D eigenvalue weighted by Crippen LogP contribution is -2.32. The van der Waals surface area contributed by atoms with E-state index in [1.165, 1.54) is 12.1 Å². The summed E-state index contributed by atoms with van der Waals surface area (Å²) in [5, 5.41) is 22.7. The average molecular weight is 264 g/mol. The van der Waals surface area contributed by atoms with E-state index in [-0.39, 0.29) is 23.3 Å². The highest BCUT2D eigenvalue weighted by Gasteiger charge is 2.42. The number of carbonyl (C=O) groups is 1. The van der Waals surface area contributed by atoms with Crippen LogP contribution in [0, 0.1) is 22.5 Å². The molecule has 19 heavy (non-hydrogen) atoms. The minimum Gasteiger partial charge on any atom is -0.396 e. The second kappa shape index (κ2) is 4.97. The van der Waals surface area contributed by atoms with Crippen LogP contribution >= 0.6 is 0 Å². The van der Waals surface area contributed by atoms with Gasteiger partial charge in [-0.3, -0.25) is 14.9 Å². The number of carbonyl (C=O) groups excluding carboxylic acids is 1. The Morgan fingerprint density at radius 1 is 1.53 bits per heavy atom. The molecule has 6 heteroatoms. The number of nitrogens with zero attached hydrogens (tertiary/aromatic N) is 1. The molecular weight excluding hydrogens is 248 g/mol. The molecular formula is C13H16N2O4. The van der Waals surface area contributed by atoms with Gasteiger partial charge in [0.1, 0.15) is 5.56 Å². The molecule has 0 saturated heterocycles. The molecule has 1 fully saturated rings. The SMILES string of the molecule is Cc1ccc([N+](=O)[O-])c(C(=O)NCC2(CO)CC2)c1. The third-order valence-electron chi connectivity index (χ3n) is 3.51. The summed E-state index contributed by atoms with van der Waals surface area (Å²) in [5.41, 5.74) is 0.448. The van der Waals surface area contributed by atoms with Gasteiger partial charge in [0.05, 0.1) is 11.5 Å². The molecule has 1 aliphatic carbocycles. The Hall–Kier alpha value is -1.95. The predicted octanol–water partition coefficient (Wildman–Crippen LogP) is 1.41. The fourth-order valence-corrected chi connectivity index (χ4v) is 1.92. The number of nitrogens with one attached hydrogen (secondary N) is 1. The highest BCUT2D eigenvalue weighted by Crippen LogP contribution is 2.44. The molecule has 6 nitrogen and oxygen atoms in total. The van der Waals surface area contributed by atoms with Crippen LogP contribution in [-0.2, 0) is 0 Å². The zero-order chi connectivity index (χ0) is 14.0. The van der Waals surface area contributed by atoms with Crippen LogP contribution in [0.4, 0.5) is 5.69 Å². The normalized spacial score (nSPS) is 15.9. The van der Waals surface area contributed by atoms with Gasteiger partial charge >= 0.3 is 0 Å². The third-order valence-corrected chi connectivity index (χ3v) is 3.51. The van der Waals surface area contributed by atoms with E-state index in [0.29, 0.717) is 6.54 Å². The zero-order valence-electron chi connectivity index (χ0n) is 10.7. The van der Waals surface area contributed by atoms with Crippen molar-refractivity contribution in [2.24, 2.45) is 5.41 Å². The van der Waals surface area contributed by atoms with E-state index in [9.17, 15) is 14.9 Å². The standard InChI is InChI=1S/C13H16N2O4/c1-9-2-3-11(15(18)19)10(6-9)12(17)14-7-13(8-16)4-5-13/h2-3,6,16H,4-5,7-8H2,1H3,(H,14,17). The highest BCUT2D eigenvalue weighted by molar-refractivity contribution is 5.98. The predicted molar refractivity (Wildman–Crippen MR) is 68.9 cm³/mol. The van der Waals surface area contributed by atoms with Crippen molar-refractivity contribution in [3.63, 3.8) is 0 Å². The number of hydrogen-bond donors (Lipinski definition) is 2. The smallest absolute Gasteiger partial charge is 0.282 e. The first-order valence-electron chi connectivity index (χ1n) is 6.11. The Balaban J connectivity index is 2.14. The molecule has 2 rings (SSSR count). The summed E-state index contributed by atoms with van der Waals surface area (Å²) in [5.74, 6) is -0.463. The van der Waals surface area contributed by atoms with Gasteiger partial charge in [-0.15, -0.1) is 0 Å². The number of rotatable bonds is 5. The number of hydrogen-bond acceptors (Lipinski definition) is 4. The molecule has 1 aliphatic rings. The fourth-order valence-electron chi connectivity index (χ4n) is 1.92. The molecule has 0 atom stereocenters.